The van der Waals surface area contributed by atoms with E-state index in [-0.39, 0.29) is 6.42 Å². The van der Waals surface area contributed by atoms with Gasteiger partial charge >= 0.3 is 0 Å². The van der Waals surface area contributed by atoms with Gasteiger partial charge in [-0.05, 0) is 25.0 Å². The van der Waals surface area contributed by atoms with Crippen molar-refractivity contribution < 1.29 is 17.9 Å². The maximum Gasteiger partial charge on any atom is 0.250 e. The van der Waals surface area contributed by atoms with Crippen molar-refractivity contribution in [1.82, 2.24) is 10.2 Å². The summed E-state index contributed by atoms with van der Waals surface area (Å²) in [7, 11) is -2.22. The Bertz CT molecular complexity index is 901. The third kappa shape index (κ3) is 5.82. The van der Waals surface area contributed by atoms with Crippen molar-refractivity contribution in [1.29, 1.82) is 0 Å². The van der Waals surface area contributed by atoms with Gasteiger partial charge in [-0.15, -0.1) is 10.2 Å². The lowest BCUT2D eigenvalue weighted by atomic mass is 10.2. The molecule has 2 rings (SSSR count). The minimum Gasteiger partial charge on any atom is -0.497 e. The third-order valence-corrected chi connectivity index (χ3v) is 7.06. The van der Waals surface area contributed by atoms with Gasteiger partial charge in [0.15, 0.2) is 4.34 Å². The first-order valence-corrected chi connectivity index (χ1v) is 12.4. The van der Waals surface area contributed by atoms with E-state index in [4.69, 9.17) is 4.74 Å². The van der Waals surface area contributed by atoms with Crippen LogP contribution >= 0.6 is 23.1 Å². The molecule has 1 atom stereocenters. The zero-order chi connectivity index (χ0) is 20.7. The average Bonchev–Trinajstić information content (AvgIpc) is 3.10. The van der Waals surface area contributed by atoms with Gasteiger partial charge in [-0.1, -0.05) is 43.0 Å². The molecule has 0 saturated heterocycles. The number of carbonyl (C=O) groups excluding carboxylic acids is 1. The van der Waals surface area contributed by atoms with Crippen molar-refractivity contribution in [2.24, 2.45) is 0 Å². The van der Waals surface area contributed by atoms with Crippen LogP contribution in [-0.2, 0) is 14.8 Å². The average molecular weight is 445 g/mol. The molecule has 1 N–H and O–H groups in total. The lowest BCUT2D eigenvalue weighted by molar-refractivity contribution is -0.117. The second-order valence-electron chi connectivity index (χ2n) is 5.90. The molecular formula is C17H24N4O4S3. The molecule has 1 heterocycles. The van der Waals surface area contributed by atoms with Gasteiger partial charge < -0.3 is 4.74 Å². The Morgan fingerprint density at radius 3 is 2.71 bits per heavy atom. The molecule has 154 valence electrons. The van der Waals surface area contributed by atoms with Gasteiger partial charge in [-0.25, -0.2) is 8.42 Å². The first-order valence-electron chi connectivity index (χ1n) is 8.70. The van der Waals surface area contributed by atoms with Crippen LogP contribution in [0.3, 0.4) is 0 Å². The Balaban J connectivity index is 2.27. The Kier molecular flexibility index (Phi) is 8.08. The van der Waals surface area contributed by atoms with Crippen molar-refractivity contribution in [3.63, 3.8) is 0 Å². The number of nitrogens with zero attached hydrogens (tertiary/aromatic N) is 3. The number of methoxy groups -OCH3 is 1. The summed E-state index contributed by atoms with van der Waals surface area (Å²) in [6, 6.07) is 5.67. The van der Waals surface area contributed by atoms with Crippen LogP contribution in [-0.4, -0.2) is 49.7 Å². The fourth-order valence-electron chi connectivity index (χ4n) is 2.50. The van der Waals surface area contributed by atoms with Crippen LogP contribution in [0.15, 0.2) is 28.6 Å². The largest absolute Gasteiger partial charge is 0.497 e. The molecule has 0 aliphatic carbocycles. The molecule has 8 nitrogen and oxygen atoms in total. The van der Waals surface area contributed by atoms with Gasteiger partial charge in [0.25, 0.3) is 0 Å². The SMILES string of the molecule is CCCSc1nnc(NC(=O)[C@@H](CC)N(c2cccc(OC)c2)S(C)(=O)=O)s1. The van der Waals surface area contributed by atoms with E-state index >= 15 is 0 Å². The smallest absolute Gasteiger partial charge is 0.250 e. The van der Waals surface area contributed by atoms with Gasteiger partial charge in [0.05, 0.1) is 19.1 Å². The van der Waals surface area contributed by atoms with Crippen molar-refractivity contribution in [3.05, 3.63) is 24.3 Å². The molecule has 0 bridgehead atoms. The summed E-state index contributed by atoms with van der Waals surface area (Å²) in [5, 5.41) is 11.1. The van der Waals surface area contributed by atoms with Gasteiger partial charge in [-0.3, -0.25) is 14.4 Å². The van der Waals surface area contributed by atoms with Gasteiger partial charge in [-0.2, -0.15) is 0 Å². The van der Waals surface area contributed by atoms with E-state index in [1.54, 1.807) is 43.0 Å². The number of thioether (sulfide) groups is 1. The minimum atomic E-state index is -3.72. The van der Waals surface area contributed by atoms with Crippen LogP contribution in [0, 0.1) is 0 Å². The number of sulfonamides is 1. The Morgan fingerprint density at radius 1 is 1.36 bits per heavy atom. The third-order valence-electron chi connectivity index (χ3n) is 3.70. The summed E-state index contributed by atoms with van der Waals surface area (Å²) in [5.74, 6) is 0.958. The highest BCUT2D eigenvalue weighted by Crippen LogP contribution is 2.29. The summed E-state index contributed by atoms with van der Waals surface area (Å²) in [4.78, 5) is 12.9. The molecule has 1 amide bonds. The molecule has 0 aliphatic heterocycles. The number of nitrogens with one attached hydrogen (secondary N) is 1. The lowest BCUT2D eigenvalue weighted by Gasteiger charge is -2.29. The number of hydrogen-bond donors (Lipinski definition) is 1. The second kappa shape index (κ2) is 10.1. The van der Waals surface area contributed by atoms with Crippen LogP contribution in [0.1, 0.15) is 26.7 Å². The molecular weight excluding hydrogens is 420 g/mol. The summed E-state index contributed by atoms with van der Waals surface area (Å²) in [6.07, 6.45) is 2.37. The number of hydrogen-bond acceptors (Lipinski definition) is 8. The number of carbonyl (C=O) groups is 1. The zero-order valence-electron chi connectivity index (χ0n) is 16.2. The monoisotopic (exact) mass is 444 g/mol. The van der Waals surface area contributed by atoms with E-state index in [0.29, 0.717) is 16.6 Å². The summed E-state index contributed by atoms with van der Waals surface area (Å²) >= 11 is 2.84. The maximum absolute atomic E-state index is 12.9. The number of ether oxygens (including phenoxy) is 1. The second-order valence-corrected chi connectivity index (χ2v) is 10.1. The van der Waals surface area contributed by atoms with E-state index in [1.807, 2.05) is 0 Å². The number of anilines is 2. The summed E-state index contributed by atoms with van der Waals surface area (Å²) in [6.45, 7) is 3.83. The van der Waals surface area contributed by atoms with Crippen LogP contribution in [0.25, 0.3) is 0 Å². The molecule has 1 aromatic heterocycles. The predicted molar refractivity (Wildman–Crippen MR) is 114 cm³/mol. The molecule has 0 saturated carbocycles. The Morgan fingerprint density at radius 2 is 2.11 bits per heavy atom. The van der Waals surface area contributed by atoms with E-state index in [0.717, 1.165) is 27.1 Å². The molecule has 0 spiro atoms. The van der Waals surface area contributed by atoms with Gasteiger partial charge in [0.2, 0.25) is 21.1 Å². The topological polar surface area (TPSA) is 101 Å². The van der Waals surface area contributed by atoms with Crippen LogP contribution in [0.4, 0.5) is 10.8 Å². The standard InChI is InChI=1S/C17H24N4O4S3/c1-5-10-26-17-20-19-16(27-17)18-15(22)14(6-2)21(28(4,23)24)12-8-7-9-13(11-12)25-3/h7-9,11,14H,5-6,10H2,1-4H3,(H,18,19,22)/t14-/m1/s1. The molecule has 0 aliphatic rings. The number of rotatable bonds is 10. The number of amides is 1. The first-order chi connectivity index (χ1) is 13.3. The fourth-order valence-corrected chi connectivity index (χ4v) is 5.39. The molecule has 11 heteroatoms. The fraction of sp³-hybridized carbons (Fsp3) is 0.471. The highest BCUT2D eigenvalue weighted by Gasteiger charge is 2.32. The van der Waals surface area contributed by atoms with Gasteiger partial charge in [0, 0.05) is 11.8 Å². The van der Waals surface area contributed by atoms with Crippen LogP contribution in [0.2, 0.25) is 0 Å². The normalized spacial score (nSPS) is 12.4. The van der Waals surface area contributed by atoms with Crippen molar-refractivity contribution in [2.75, 3.05) is 28.7 Å². The molecule has 2 aromatic rings. The first kappa shape index (κ1) is 22.4. The quantitative estimate of drug-likeness (QED) is 0.443. The Hall–Kier alpha value is -1.85. The van der Waals surface area contributed by atoms with E-state index in [9.17, 15) is 13.2 Å². The highest BCUT2D eigenvalue weighted by molar-refractivity contribution is 8.01. The van der Waals surface area contributed by atoms with Crippen LogP contribution < -0.4 is 14.4 Å². The van der Waals surface area contributed by atoms with Gasteiger partial charge in [0.1, 0.15) is 11.8 Å². The van der Waals surface area contributed by atoms with Crippen molar-refractivity contribution >= 4 is 49.8 Å². The molecule has 0 radical (unpaired) electrons. The molecule has 28 heavy (non-hydrogen) atoms. The zero-order valence-corrected chi connectivity index (χ0v) is 18.7. The van der Waals surface area contributed by atoms with Crippen LogP contribution in [0.5, 0.6) is 5.75 Å². The predicted octanol–water partition coefficient (Wildman–Crippen LogP) is 3.23. The van der Waals surface area contributed by atoms with Crippen molar-refractivity contribution in [2.45, 2.75) is 37.1 Å². The van der Waals surface area contributed by atoms with E-state index in [1.165, 1.54) is 18.4 Å². The maximum atomic E-state index is 12.9. The van der Waals surface area contributed by atoms with Crippen molar-refractivity contribution in [3.8, 4) is 5.75 Å². The molecule has 0 unspecified atom stereocenters. The summed E-state index contributed by atoms with van der Waals surface area (Å²) in [5.41, 5.74) is 0.361. The highest BCUT2D eigenvalue weighted by atomic mass is 32.2. The molecule has 0 fully saturated rings. The van der Waals surface area contributed by atoms with E-state index in [2.05, 4.69) is 22.4 Å². The van der Waals surface area contributed by atoms with E-state index < -0.39 is 22.0 Å². The summed E-state index contributed by atoms with van der Waals surface area (Å²) < 4.78 is 32.0. The molecule has 1 aromatic carbocycles. The minimum absolute atomic E-state index is 0.284. The Labute approximate surface area is 173 Å². The lowest BCUT2D eigenvalue weighted by Crippen LogP contribution is -2.47. The number of aromatic nitrogens is 2. The number of benzene rings is 1.